The number of hydrogen-bond donors (Lipinski definition) is 0. The molecule has 0 aromatic heterocycles. The van der Waals surface area contributed by atoms with Crippen LogP contribution in [0.5, 0.6) is 5.75 Å². The van der Waals surface area contributed by atoms with Crippen LogP contribution >= 0.6 is 0 Å². The summed E-state index contributed by atoms with van der Waals surface area (Å²) in [6.07, 6.45) is 8.24. The van der Waals surface area contributed by atoms with Crippen LogP contribution in [0.1, 0.15) is 54.8 Å². The van der Waals surface area contributed by atoms with E-state index in [9.17, 15) is 0 Å². The van der Waals surface area contributed by atoms with E-state index in [1.807, 2.05) is 6.07 Å². The summed E-state index contributed by atoms with van der Waals surface area (Å²) in [6.45, 7) is 2.39. The van der Waals surface area contributed by atoms with Crippen molar-refractivity contribution in [3.05, 3.63) is 65.2 Å². The fourth-order valence-electron chi connectivity index (χ4n) is 4.72. The third-order valence-corrected chi connectivity index (χ3v) is 6.01. The summed E-state index contributed by atoms with van der Waals surface area (Å²) >= 11 is 0. The molecule has 1 saturated carbocycles. The monoisotopic (exact) mass is 335 g/mol. The van der Waals surface area contributed by atoms with Crippen LogP contribution in [0.2, 0.25) is 0 Å². The molecule has 25 heavy (non-hydrogen) atoms. The van der Waals surface area contributed by atoms with Gasteiger partial charge in [0.2, 0.25) is 0 Å². The number of methoxy groups -OCH3 is 1. The second-order valence-electron chi connectivity index (χ2n) is 7.63. The van der Waals surface area contributed by atoms with E-state index < -0.39 is 0 Å². The minimum absolute atomic E-state index is 0.363. The Hall–Kier alpha value is -1.80. The third kappa shape index (κ3) is 3.59. The number of rotatable bonds is 4. The van der Waals surface area contributed by atoms with Gasteiger partial charge in [-0.05, 0) is 54.0 Å². The number of hydrogen-bond acceptors (Lipinski definition) is 2. The maximum absolute atomic E-state index is 5.50. The molecule has 0 amide bonds. The lowest BCUT2D eigenvalue weighted by atomic mass is 9.84. The first-order chi connectivity index (χ1) is 12.3. The molecule has 1 heterocycles. The van der Waals surface area contributed by atoms with Crippen molar-refractivity contribution >= 4 is 0 Å². The Labute approximate surface area is 151 Å². The van der Waals surface area contributed by atoms with Crippen molar-refractivity contribution < 1.29 is 4.74 Å². The summed E-state index contributed by atoms with van der Waals surface area (Å²) in [5, 5.41) is 0. The van der Waals surface area contributed by atoms with Crippen LogP contribution in [-0.4, -0.2) is 25.1 Å². The highest BCUT2D eigenvalue weighted by Gasteiger charge is 2.30. The fraction of sp³-hybridized carbons (Fsp3) is 0.478. The summed E-state index contributed by atoms with van der Waals surface area (Å²) < 4.78 is 5.50. The minimum atomic E-state index is 0.363. The van der Waals surface area contributed by atoms with Crippen molar-refractivity contribution in [3.63, 3.8) is 0 Å². The fourth-order valence-corrected chi connectivity index (χ4v) is 4.72. The lowest BCUT2D eigenvalue weighted by Gasteiger charge is -2.40. The van der Waals surface area contributed by atoms with Gasteiger partial charge >= 0.3 is 0 Å². The van der Waals surface area contributed by atoms with Crippen molar-refractivity contribution in [2.45, 2.75) is 44.6 Å². The first kappa shape index (κ1) is 16.7. The topological polar surface area (TPSA) is 12.5 Å². The summed E-state index contributed by atoms with van der Waals surface area (Å²) in [7, 11) is 1.76. The zero-order chi connectivity index (χ0) is 17.1. The maximum atomic E-state index is 5.50. The second kappa shape index (κ2) is 7.61. The Morgan fingerprint density at radius 3 is 2.68 bits per heavy atom. The van der Waals surface area contributed by atoms with Crippen LogP contribution in [0.15, 0.2) is 48.5 Å². The van der Waals surface area contributed by atoms with E-state index in [1.165, 1.54) is 61.8 Å². The van der Waals surface area contributed by atoms with Crippen LogP contribution in [0, 0.1) is 5.92 Å². The largest absolute Gasteiger partial charge is 0.497 e. The molecule has 4 rings (SSSR count). The van der Waals surface area contributed by atoms with E-state index in [-0.39, 0.29) is 0 Å². The Morgan fingerprint density at radius 1 is 1.00 bits per heavy atom. The van der Waals surface area contributed by atoms with Crippen LogP contribution in [0.3, 0.4) is 0 Å². The quantitative estimate of drug-likeness (QED) is 0.759. The molecule has 2 aromatic rings. The normalized spacial score (nSPS) is 21.7. The van der Waals surface area contributed by atoms with Gasteiger partial charge in [0.05, 0.1) is 13.2 Å². The van der Waals surface area contributed by atoms with Crippen molar-refractivity contribution in [2.24, 2.45) is 5.92 Å². The molecule has 0 bridgehead atoms. The molecular weight excluding hydrogens is 306 g/mol. The van der Waals surface area contributed by atoms with Gasteiger partial charge in [0.25, 0.3) is 0 Å². The molecule has 2 aliphatic rings. The highest BCUT2D eigenvalue weighted by atomic mass is 16.5. The molecule has 2 heteroatoms. The average Bonchev–Trinajstić information content (AvgIpc) is 2.68. The molecule has 2 aromatic carbocycles. The van der Waals surface area contributed by atoms with Gasteiger partial charge in [0.1, 0.15) is 5.75 Å². The van der Waals surface area contributed by atoms with E-state index in [0.717, 1.165) is 18.2 Å². The summed E-state index contributed by atoms with van der Waals surface area (Å²) in [4.78, 5) is 2.73. The number of nitrogens with zero attached hydrogens (tertiary/aromatic N) is 1. The van der Waals surface area contributed by atoms with Gasteiger partial charge in [-0.25, -0.2) is 0 Å². The average molecular weight is 335 g/mol. The van der Waals surface area contributed by atoms with E-state index in [1.54, 1.807) is 7.11 Å². The second-order valence-corrected chi connectivity index (χ2v) is 7.63. The van der Waals surface area contributed by atoms with Gasteiger partial charge in [0.15, 0.2) is 0 Å². The Kier molecular flexibility index (Phi) is 5.07. The van der Waals surface area contributed by atoms with Gasteiger partial charge in [-0.3, -0.25) is 4.90 Å². The molecule has 0 spiro atoms. The molecule has 1 unspecified atom stereocenters. The molecule has 1 aliphatic carbocycles. The standard InChI is InChI=1S/C23H29NO/c1-25-21-12-7-11-20(16-21)23-22-13-6-5-10-19(22)14-15-24(23)17-18-8-3-2-4-9-18/h5-7,10-13,16,18,23H,2-4,8-9,14-15,17H2,1H3. The Morgan fingerprint density at radius 2 is 1.84 bits per heavy atom. The summed E-state index contributed by atoms with van der Waals surface area (Å²) in [5.41, 5.74) is 4.36. The first-order valence-corrected chi connectivity index (χ1v) is 9.81. The molecule has 1 aliphatic heterocycles. The molecule has 0 saturated heterocycles. The smallest absolute Gasteiger partial charge is 0.119 e. The summed E-state index contributed by atoms with van der Waals surface area (Å²) in [5.74, 6) is 1.82. The van der Waals surface area contributed by atoms with E-state index in [2.05, 4.69) is 47.4 Å². The predicted molar refractivity (Wildman–Crippen MR) is 103 cm³/mol. The SMILES string of the molecule is COc1cccc(C2c3ccccc3CCN2CC2CCCCC2)c1. The van der Waals surface area contributed by atoms with Crippen LogP contribution in [-0.2, 0) is 6.42 Å². The van der Waals surface area contributed by atoms with Gasteiger partial charge in [-0.15, -0.1) is 0 Å². The predicted octanol–water partition coefficient (Wildman–Crippen LogP) is 5.22. The Bertz CT molecular complexity index is 705. The highest BCUT2D eigenvalue weighted by Crippen LogP contribution is 2.38. The molecule has 2 nitrogen and oxygen atoms in total. The van der Waals surface area contributed by atoms with Crippen LogP contribution < -0.4 is 4.74 Å². The van der Waals surface area contributed by atoms with E-state index >= 15 is 0 Å². The first-order valence-electron chi connectivity index (χ1n) is 9.81. The third-order valence-electron chi connectivity index (χ3n) is 6.01. The molecule has 0 N–H and O–H groups in total. The zero-order valence-corrected chi connectivity index (χ0v) is 15.3. The zero-order valence-electron chi connectivity index (χ0n) is 15.3. The van der Waals surface area contributed by atoms with Crippen molar-refractivity contribution in [2.75, 3.05) is 20.2 Å². The lowest BCUT2D eigenvalue weighted by molar-refractivity contribution is 0.159. The Balaban J connectivity index is 1.67. The van der Waals surface area contributed by atoms with Crippen LogP contribution in [0.25, 0.3) is 0 Å². The molecule has 1 atom stereocenters. The maximum Gasteiger partial charge on any atom is 0.119 e. The van der Waals surface area contributed by atoms with Gasteiger partial charge in [-0.2, -0.15) is 0 Å². The molecule has 0 radical (unpaired) electrons. The molecule has 132 valence electrons. The summed E-state index contributed by atoms with van der Waals surface area (Å²) in [6, 6.07) is 18.0. The highest BCUT2D eigenvalue weighted by molar-refractivity contribution is 5.42. The van der Waals surface area contributed by atoms with E-state index in [0.29, 0.717) is 6.04 Å². The van der Waals surface area contributed by atoms with Crippen molar-refractivity contribution in [3.8, 4) is 5.75 Å². The minimum Gasteiger partial charge on any atom is -0.497 e. The van der Waals surface area contributed by atoms with Crippen LogP contribution in [0.4, 0.5) is 0 Å². The molecule has 1 fully saturated rings. The van der Waals surface area contributed by atoms with Crippen molar-refractivity contribution in [1.29, 1.82) is 0 Å². The van der Waals surface area contributed by atoms with Gasteiger partial charge in [0, 0.05) is 13.1 Å². The number of fused-ring (bicyclic) bond motifs is 1. The van der Waals surface area contributed by atoms with E-state index in [4.69, 9.17) is 4.74 Å². The van der Waals surface area contributed by atoms with Gasteiger partial charge < -0.3 is 4.74 Å². The lowest BCUT2D eigenvalue weighted by Crippen LogP contribution is -2.39. The van der Waals surface area contributed by atoms with Crippen molar-refractivity contribution in [1.82, 2.24) is 4.90 Å². The molecular formula is C23H29NO. The number of ether oxygens (including phenoxy) is 1. The number of benzene rings is 2. The van der Waals surface area contributed by atoms with Gasteiger partial charge in [-0.1, -0.05) is 55.7 Å².